The second kappa shape index (κ2) is 5.96. The van der Waals surface area contributed by atoms with Gasteiger partial charge in [0.25, 0.3) is 0 Å². The van der Waals surface area contributed by atoms with Gasteiger partial charge in [-0.15, -0.1) is 0 Å². The van der Waals surface area contributed by atoms with E-state index in [2.05, 4.69) is 0 Å². The van der Waals surface area contributed by atoms with Gasteiger partial charge in [0.1, 0.15) is 11.5 Å². The van der Waals surface area contributed by atoms with Crippen molar-refractivity contribution in [1.82, 2.24) is 0 Å². The molecule has 0 fully saturated rings. The van der Waals surface area contributed by atoms with Crippen molar-refractivity contribution in [3.8, 4) is 11.5 Å². The lowest BCUT2D eigenvalue weighted by Gasteiger charge is -2.08. The van der Waals surface area contributed by atoms with Gasteiger partial charge in [-0.1, -0.05) is 24.3 Å². The van der Waals surface area contributed by atoms with E-state index in [1.807, 2.05) is 48.5 Å². The molecule has 19 heavy (non-hydrogen) atoms. The number of hydrogen-bond donors (Lipinski definition) is 0. The molecule has 1 radical (unpaired) electrons. The van der Waals surface area contributed by atoms with E-state index in [-0.39, 0.29) is 0 Å². The van der Waals surface area contributed by atoms with E-state index in [0.717, 1.165) is 28.9 Å². The minimum atomic E-state index is 0.644. The van der Waals surface area contributed by atoms with Crippen molar-refractivity contribution in [2.24, 2.45) is 0 Å². The standard InChI is InChI=1S/C16H15O3/c1-18-14-7-3-12(4-8-14)16(11-17)13-5-9-15(19-2)10-6-13/h3-11H,1-2H3. The fourth-order valence-electron chi connectivity index (χ4n) is 1.84. The third kappa shape index (κ3) is 2.88. The van der Waals surface area contributed by atoms with Crippen LogP contribution in [0.25, 0.3) is 5.57 Å². The van der Waals surface area contributed by atoms with Crippen molar-refractivity contribution in [3.05, 3.63) is 65.9 Å². The summed E-state index contributed by atoms with van der Waals surface area (Å²) in [4.78, 5) is 0. The van der Waals surface area contributed by atoms with E-state index in [4.69, 9.17) is 9.47 Å². The summed E-state index contributed by atoms with van der Waals surface area (Å²) >= 11 is 0. The molecule has 0 N–H and O–H groups in total. The van der Waals surface area contributed by atoms with Gasteiger partial charge in [-0.05, 0) is 35.4 Å². The molecule has 3 heteroatoms. The Hall–Kier alpha value is -2.42. The summed E-state index contributed by atoms with van der Waals surface area (Å²) in [6.45, 7) is 0. The molecule has 0 amide bonds. The topological polar surface area (TPSA) is 38.4 Å². The largest absolute Gasteiger partial charge is 0.497 e. The highest BCUT2D eigenvalue weighted by Gasteiger charge is 2.06. The van der Waals surface area contributed by atoms with Crippen LogP contribution in [0.3, 0.4) is 0 Å². The van der Waals surface area contributed by atoms with E-state index in [1.165, 1.54) is 0 Å². The zero-order valence-corrected chi connectivity index (χ0v) is 10.9. The van der Waals surface area contributed by atoms with Gasteiger partial charge in [-0.2, -0.15) is 0 Å². The molecule has 0 aliphatic rings. The van der Waals surface area contributed by atoms with Crippen molar-refractivity contribution in [2.75, 3.05) is 14.2 Å². The molecule has 0 saturated carbocycles. The second-order valence-electron chi connectivity index (χ2n) is 3.99. The van der Waals surface area contributed by atoms with E-state index in [1.54, 1.807) is 14.2 Å². The van der Waals surface area contributed by atoms with Crippen molar-refractivity contribution < 1.29 is 14.6 Å². The van der Waals surface area contributed by atoms with Crippen molar-refractivity contribution in [2.45, 2.75) is 0 Å². The highest BCUT2D eigenvalue weighted by Crippen LogP contribution is 2.26. The van der Waals surface area contributed by atoms with Crippen LogP contribution in [0.5, 0.6) is 11.5 Å². The lowest BCUT2D eigenvalue weighted by atomic mass is 9.99. The van der Waals surface area contributed by atoms with E-state index in [9.17, 15) is 5.11 Å². The molecule has 0 spiro atoms. The molecule has 2 aromatic rings. The summed E-state index contributed by atoms with van der Waals surface area (Å²) in [5.41, 5.74) is 2.37. The maximum Gasteiger partial charge on any atom is 0.151 e. The van der Waals surface area contributed by atoms with Gasteiger partial charge >= 0.3 is 0 Å². The van der Waals surface area contributed by atoms with E-state index < -0.39 is 0 Å². The number of benzene rings is 2. The van der Waals surface area contributed by atoms with E-state index >= 15 is 0 Å². The Morgan fingerprint density at radius 2 is 1.16 bits per heavy atom. The number of hydrogen-bond acceptors (Lipinski definition) is 2. The van der Waals surface area contributed by atoms with Gasteiger partial charge in [0.05, 0.1) is 14.2 Å². The van der Waals surface area contributed by atoms with Gasteiger partial charge in [-0.25, -0.2) is 0 Å². The number of methoxy groups -OCH3 is 2. The third-order valence-electron chi connectivity index (χ3n) is 2.92. The Balaban J connectivity index is 2.32. The number of ether oxygens (including phenoxy) is 2. The van der Waals surface area contributed by atoms with Gasteiger partial charge in [-0.3, -0.25) is 5.11 Å². The normalized spacial score (nSPS) is 9.79. The Morgan fingerprint density at radius 3 is 1.42 bits per heavy atom. The highest BCUT2D eigenvalue weighted by molar-refractivity contribution is 5.79. The predicted molar refractivity (Wildman–Crippen MR) is 73.8 cm³/mol. The van der Waals surface area contributed by atoms with Gasteiger partial charge in [0.2, 0.25) is 0 Å². The molecular weight excluding hydrogens is 240 g/mol. The van der Waals surface area contributed by atoms with Crippen LogP contribution in [0.15, 0.2) is 54.8 Å². The summed E-state index contributed by atoms with van der Waals surface area (Å²) in [6, 6.07) is 14.8. The van der Waals surface area contributed by atoms with Crippen LogP contribution in [-0.2, 0) is 5.11 Å². The Labute approximate surface area is 112 Å². The molecule has 0 unspecified atom stereocenters. The summed E-state index contributed by atoms with van der Waals surface area (Å²) in [6.07, 6.45) is 0.865. The Morgan fingerprint density at radius 1 is 0.789 bits per heavy atom. The molecule has 0 aliphatic heterocycles. The summed E-state index contributed by atoms with van der Waals surface area (Å²) in [5, 5.41) is 11.3. The average molecular weight is 255 g/mol. The lowest BCUT2D eigenvalue weighted by Crippen LogP contribution is -1.90. The first kappa shape index (κ1) is 13.0. The monoisotopic (exact) mass is 255 g/mol. The second-order valence-corrected chi connectivity index (χ2v) is 3.99. The van der Waals surface area contributed by atoms with Crippen LogP contribution in [0, 0.1) is 0 Å². The van der Waals surface area contributed by atoms with Crippen molar-refractivity contribution in [3.63, 3.8) is 0 Å². The minimum Gasteiger partial charge on any atom is -0.497 e. The van der Waals surface area contributed by atoms with Gasteiger partial charge in [0, 0.05) is 5.57 Å². The maximum atomic E-state index is 11.3. The molecule has 0 heterocycles. The van der Waals surface area contributed by atoms with Crippen LogP contribution in [0.4, 0.5) is 0 Å². The summed E-state index contributed by atoms with van der Waals surface area (Å²) in [5.74, 6) is 1.53. The zero-order chi connectivity index (χ0) is 13.7. The zero-order valence-electron chi connectivity index (χ0n) is 10.9. The van der Waals surface area contributed by atoms with Crippen LogP contribution in [0.2, 0.25) is 0 Å². The van der Waals surface area contributed by atoms with Gasteiger partial charge in [0.15, 0.2) is 6.26 Å². The van der Waals surface area contributed by atoms with E-state index in [0.29, 0.717) is 5.57 Å². The minimum absolute atomic E-state index is 0.644. The van der Waals surface area contributed by atoms with Crippen molar-refractivity contribution in [1.29, 1.82) is 0 Å². The molecule has 2 aromatic carbocycles. The molecule has 0 bridgehead atoms. The molecule has 0 atom stereocenters. The molecule has 2 rings (SSSR count). The van der Waals surface area contributed by atoms with Crippen LogP contribution in [0.1, 0.15) is 11.1 Å². The number of rotatable bonds is 4. The average Bonchev–Trinajstić information content (AvgIpc) is 2.49. The maximum absolute atomic E-state index is 11.3. The molecule has 97 valence electrons. The van der Waals surface area contributed by atoms with Crippen LogP contribution in [-0.4, -0.2) is 14.2 Å². The van der Waals surface area contributed by atoms with Crippen molar-refractivity contribution >= 4 is 5.57 Å². The SMILES string of the molecule is COc1ccc(C(=C[O])c2ccc(OC)cc2)cc1. The Kier molecular flexibility index (Phi) is 4.08. The van der Waals surface area contributed by atoms with Crippen LogP contribution >= 0.6 is 0 Å². The molecule has 0 aliphatic carbocycles. The van der Waals surface area contributed by atoms with Crippen LogP contribution < -0.4 is 9.47 Å². The first-order valence-corrected chi connectivity index (χ1v) is 5.89. The molecular formula is C16H15O3. The first-order valence-electron chi connectivity index (χ1n) is 5.89. The fraction of sp³-hybridized carbons (Fsp3) is 0.125. The first-order chi connectivity index (χ1) is 9.28. The smallest absolute Gasteiger partial charge is 0.151 e. The Bertz CT molecular complexity index is 504. The molecule has 0 aromatic heterocycles. The lowest BCUT2D eigenvalue weighted by molar-refractivity contribution is 0.354. The summed E-state index contributed by atoms with van der Waals surface area (Å²) in [7, 11) is 3.23. The molecule has 0 saturated heterocycles. The van der Waals surface area contributed by atoms with Gasteiger partial charge < -0.3 is 9.47 Å². The summed E-state index contributed by atoms with van der Waals surface area (Å²) < 4.78 is 10.2. The molecule has 3 nitrogen and oxygen atoms in total. The predicted octanol–water partition coefficient (Wildman–Crippen LogP) is 3.52. The highest BCUT2D eigenvalue weighted by atomic mass is 16.5. The third-order valence-corrected chi connectivity index (χ3v) is 2.92. The quantitative estimate of drug-likeness (QED) is 0.784. The fourth-order valence-corrected chi connectivity index (χ4v) is 1.84.